The molecule has 2 rings (SSSR count). The van der Waals surface area contributed by atoms with E-state index in [-0.39, 0.29) is 17.3 Å². The third-order valence-corrected chi connectivity index (χ3v) is 5.51. The van der Waals surface area contributed by atoms with Gasteiger partial charge in [0, 0.05) is 25.2 Å². The van der Waals surface area contributed by atoms with Crippen LogP contribution in [0.15, 0.2) is 15.4 Å². The van der Waals surface area contributed by atoms with E-state index in [2.05, 4.69) is 23.5 Å². The van der Waals surface area contributed by atoms with Crippen molar-refractivity contribution in [3.8, 4) is 0 Å². The van der Waals surface area contributed by atoms with Gasteiger partial charge in [-0.25, -0.2) is 13.1 Å². The van der Waals surface area contributed by atoms with Crippen LogP contribution >= 0.6 is 0 Å². The van der Waals surface area contributed by atoms with Gasteiger partial charge in [-0.05, 0) is 39.7 Å². The molecule has 0 spiro atoms. The average Bonchev–Trinajstić information content (AvgIpc) is 3.03. The lowest BCUT2D eigenvalue weighted by Crippen LogP contribution is -2.33. The SMILES string of the molecule is Cc1oc(CO)cc1S(=O)(=O)NCC1CCN(C(C)C)C1. The Hall–Kier alpha value is -0.890. The minimum absolute atomic E-state index is 0.116. The van der Waals surface area contributed by atoms with Gasteiger partial charge in [0.1, 0.15) is 23.0 Å². The van der Waals surface area contributed by atoms with Gasteiger partial charge in [-0.3, -0.25) is 0 Å². The molecule has 1 unspecified atom stereocenters. The number of nitrogens with zero attached hydrogens (tertiary/aromatic N) is 1. The van der Waals surface area contributed by atoms with Gasteiger partial charge in [-0.1, -0.05) is 0 Å². The fourth-order valence-corrected chi connectivity index (χ4v) is 3.99. The van der Waals surface area contributed by atoms with Crippen LogP contribution in [0.1, 0.15) is 31.8 Å². The first-order valence-corrected chi connectivity index (χ1v) is 8.75. The highest BCUT2D eigenvalue weighted by atomic mass is 32.2. The number of rotatable bonds is 6. The Morgan fingerprint density at radius 3 is 2.76 bits per heavy atom. The van der Waals surface area contributed by atoms with Crippen LogP contribution < -0.4 is 4.72 Å². The smallest absolute Gasteiger partial charge is 0.244 e. The molecule has 0 saturated carbocycles. The van der Waals surface area contributed by atoms with Crippen LogP contribution in [0.4, 0.5) is 0 Å². The number of hydrogen-bond acceptors (Lipinski definition) is 5. The molecular weight excluding hydrogens is 292 g/mol. The molecule has 2 heterocycles. The van der Waals surface area contributed by atoms with Crippen molar-refractivity contribution < 1.29 is 17.9 Å². The molecule has 0 bridgehead atoms. The second-order valence-corrected chi connectivity index (χ2v) is 7.62. The van der Waals surface area contributed by atoms with Crippen LogP contribution in [0.5, 0.6) is 0 Å². The lowest BCUT2D eigenvalue weighted by Gasteiger charge is -2.20. The summed E-state index contributed by atoms with van der Waals surface area (Å²) in [6.07, 6.45) is 1.01. The van der Waals surface area contributed by atoms with E-state index in [0.717, 1.165) is 19.5 Å². The van der Waals surface area contributed by atoms with Crippen molar-refractivity contribution in [2.45, 2.75) is 44.7 Å². The predicted molar refractivity (Wildman–Crippen MR) is 79.4 cm³/mol. The van der Waals surface area contributed by atoms with E-state index in [1.165, 1.54) is 6.07 Å². The van der Waals surface area contributed by atoms with Gasteiger partial charge in [0.15, 0.2) is 0 Å². The van der Waals surface area contributed by atoms with E-state index < -0.39 is 10.0 Å². The van der Waals surface area contributed by atoms with E-state index in [1.54, 1.807) is 6.92 Å². The molecule has 0 amide bonds. The molecule has 21 heavy (non-hydrogen) atoms. The molecule has 120 valence electrons. The first-order chi connectivity index (χ1) is 9.83. The van der Waals surface area contributed by atoms with Crippen LogP contribution in [-0.4, -0.2) is 44.1 Å². The molecule has 1 aromatic heterocycles. The van der Waals surface area contributed by atoms with Crippen molar-refractivity contribution in [2.75, 3.05) is 19.6 Å². The third kappa shape index (κ3) is 3.85. The van der Waals surface area contributed by atoms with E-state index in [9.17, 15) is 8.42 Å². The Morgan fingerprint density at radius 1 is 1.52 bits per heavy atom. The van der Waals surface area contributed by atoms with Crippen molar-refractivity contribution in [1.29, 1.82) is 0 Å². The standard InChI is InChI=1S/C14H24N2O4S/c1-10(2)16-5-4-12(8-16)7-15-21(18,19)14-6-13(9-17)20-11(14)3/h6,10,12,15,17H,4-5,7-9H2,1-3H3. The summed E-state index contributed by atoms with van der Waals surface area (Å²) < 4.78 is 32.4. The zero-order valence-electron chi connectivity index (χ0n) is 12.8. The second kappa shape index (κ2) is 6.48. The molecule has 7 heteroatoms. The summed E-state index contributed by atoms with van der Waals surface area (Å²) in [4.78, 5) is 2.47. The van der Waals surface area contributed by atoms with Crippen LogP contribution in [0.2, 0.25) is 0 Å². The van der Waals surface area contributed by atoms with Gasteiger partial charge in [0.25, 0.3) is 0 Å². The highest BCUT2D eigenvalue weighted by Gasteiger charge is 2.27. The van der Waals surface area contributed by atoms with E-state index in [4.69, 9.17) is 9.52 Å². The molecule has 1 fully saturated rings. The number of aryl methyl sites for hydroxylation is 1. The molecule has 1 saturated heterocycles. The number of nitrogens with one attached hydrogen (secondary N) is 1. The number of likely N-dealkylation sites (tertiary alicyclic amines) is 1. The summed E-state index contributed by atoms with van der Waals surface area (Å²) in [6.45, 7) is 7.96. The summed E-state index contributed by atoms with van der Waals surface area (Å²) >= 11 is 0. The van der Waals surface area contributed by atoms with Crippen LogP contribution in [0.25, 0.3) is 0 Å². The normalized spacial score (nSPS) is 20.5. The second-order valence-electron chi connectivity index (χ2n) is 5.89. The summed E-state index contributed by atoms with van der Waals surface area (Å²) in [6, 6.07) is 1.88. The Balaban J connectivity index is 1.97. The summed E-state index contributed by atoms with van der Waals surface area (Å²) in [5, 5.41) is 9.01. The Labute approximate surface area is 126 Å². The molecule has 1 aliphatic rings. The Morgan fingerprint density at radius 2 is 2.24 bits per heavy atom. The molecule has 1 aliphatic heterocycles. The van der Waals surface area contributed by atoms with Gasteiger partial charge in [0.05, 0.1) is 0 Å². The van der Waals surface area contributed by atoms with Crippen molar-refractivity contribution in [3.63, 3.8) is 0 Å². The third-order valence-electron chi connectivity index (χ3n) is 3.98. The quantitative estimate of drug-likeness (QED) is 0.821. The van der Waals surface area contributed by atoms with Gasteiger partial charge < -0.3 is 14.4 Å². The zero-order chi connectivity index (χ0) is 15.6. The minimum atomic E-state index is -3.58. The highest BCUT2D eigenvalue weighted by molar-refractivity contribution is 7.89. The maximum absolute atomic E-state index is 12.3. The molecular formula is C14H24N2O4S. The Bertz CT molecular complexity index is 580. The lowest BCUT2D eigenvalue weighted by molar-refractivity contribution is 0.244. The van der Waals surface area contributed by atoms with Crippen LogP contribution in [0.3, 0.4) is 0 Å². The van der Waals surface area contributed by atoms with E-state index in [1.807, 2.05) is 0 Å². The summed E-state index contributed by atoms with van der Waals surface area (Å²) in [5.74, 6) is 0.910. The largest absolute Gasteiger partial charge is 0.462 e. The summed E-state index contributed by atoms with van der Waals surface area (Å²) in [5.41, 5.74) is 0. The average molecular weight is 316 g/mol. The lowest BCUT2D eigenvalue weighted by atomic mass is 10.1. The van der Waals surface area contributed by atoms with Crippen molar-refractivity contribution in [2.24, 2.45) is 5.92 Å². The molecule has 6 nitrogen and oxygen atoms in total. The maximum atomic E-state index is 12.3. The highest BCUT2D eigenvalue weighted by Crippen LogP contribution is 2.22. The molecule has 1 atom stereocenters. The maximum Gasteiger partial charge on any atom is 0.244 e. The van der Waals surface area contributed by atoms with Crippen LogP contribution in [0, 0.1) is 12.8 Å². The number of aliphatic hydroxyl groups excluding tert-OH is 1. The molecule has 0 radical (unpaired) electrons. The first kappa shape index (κ1) is 16.5. The minimum Gasteiger partial charge on any atom is -0.462 e. The topological polar surface area (TPSA) is 82.8 Å². The first-order valence-electron chi connectivity index (χ1n) is 7.27. The number of sulfonamides is 1. The Kier molecular flexibility index (Phi) is 5.08. The van der Waals surface area contributed by atoms with E-state index in [0.29, 0.717) is 24.3 Å². The summed E-state index contributed by atoms with van der Waals surface area (Å²) in [7, 11) is -3.58. The monoisotopic (exact) mass is 316 g/mol. The van der Waals surface area contributed by atoms with E-state index >= 15 is 0 Å². The predicted octanol–water partition coefficient (Wildman–Crippen LogP) is 1.09. The van der Waals surface area contributed by atoms with Gasteiger partial charge >= 0.3 is 0 Å². The van der Waals surface area contributed by atoms with Gasteiger partial charge in [-0.15, -0.1) is 0 Å². The van der Waals surface area contributed by atoms with Crippen LogP contribution in [-0.2, 0) is 16.6 Å². The molecule has 0 aromatic carbocycles. The number of furan rings is 1. The molecule has 0 aliphatic carbocycles. The molecule has 2 N–H and O–H groups in total. The number of hydrogen-bond donors (Lipinski definition) is 2. The van der Waals surface area contributed by atoms with Crippen molar-refractivity contribution in [1.82, 2.24) is 9.62 Å². The fraction of sp³-hybridized carbons (Fsp3) is 0.714. The van der Waals surface area contributed by atoms with Gasteiger partial charge in [0.2, 0.25) is 10.0 Å². The fourth-order valence-electron chi connectivity index (χ4n) is 2.67. The number of aliphatic hydroxyl groups is 1. The molecule has 1 aromatic rings. The zero-order valence-corrected chi connectivity index (χ0v) is 13.6. The van der Waals surface area contributed by atoms with Crippen molar-refractivity contribution in [3.05, 3.63) is 17.6 Å². The van der Waals surface area contributed by atoms with Crippen molar-refractivity contribution >= 4 is 10.0 Å². The van der Waals surface area contributed by atoms with Gasteiger partial charge in [-0.2, -0.15) is 0 Å².